The summed E-state index contributed by atoms with van der Waals surface area (Å²) in [7, 11) is 2.60. The van der Waals surface area contributed by atoms with E-state index in [1.165, 1.54) is 6.42 Å². The molecular weight excluding hydrogens is 210 g/mol. The summed E-state index contributed by atoms with van der Waals surface area (Å²) in [5.74, 6) is 0.558. The molecule has 0 radical (unpaired) electrons. The van der Waals surface area contributed by atoms with Gasteiger partial charge in [0.2, 0.25) is 0 Å². The Labute approximate surface area is 94.5 Å². The highest BCUT2D eigenvalue weighted by Crippen LogP contribution is 2.22. The largest absolute Gasteiger partial charge is 0.500 e. The van der Waals surface area contributed by atoms with Crippen LogP contribution in [0.25, 0.3) is 0 Å². The first-order valence-corrected chi connectivity index (χ1v) is 7.42. The van der Waals surface area contributed by atoms with Crippen molar-refractivity contribution >= 4 is 8.80 Å². The van der Waals surface area contributed by atoms with Crippen LogP contribution in [0.1, 0.15) is 26.2 Å². The fourth-order valence-corrected chi connectivity index (χ4v) is 3.72. The average Bonchev–Trinajstić information content (AvgIpc) is 2.26. The fourth-order valence-electron chi connectivity index (χ4n) is 1.67. The topological polar surface area (TPSA) is 53.7 Å². The van der Waals surface area contributed by atoms with E-state index >= 15 is 0 Å². The zero-order chi connectivity index (χ0) is 11.7. The predicted molar refractivity (Wildman–Crippen MR) is 63.7 cm³/mol. The van der Waals surface area contributed by atoms with E-state index in [1.54, 1.807) is 21.3 Å². The Balaban J connectivity index is 3.94. The molecule has 0 aliphatic rings. The third-order valence-corrected chi connectivity index (χ3v) is 5.75. The van der Waals surface area contributed by atoms with E-state index < -0.39 is 8.80 Å². The van der Waals surface area contributed by atoms with Gasteiger partial charge < -0.3 is 19.0 Å². The van der Waals surface area contributed by atoms with Crippen molar-refractivity contribution in [2.45, 2.75) is 32.2 Å². The Bertz CT molecular complexity index is 145. The normalized spacial score (nSPS) is 14.2. The molecule has 4 nitrogen and oxygen atoms in total. The third-order valence-electron chi connectivity index (χ3n) is 2.68. The molecular formula is C10H25NO3Si. The standard InChI is InChI=1S/C10H25NO3Si/c1-10(7-5-6-8-11)9-15(12-2,13-3)14-4/h10H,5-9,11H2,1-4H3. The number of hydrogen-bond donors (Lipinski definition) is 1. The van der Waals surface area contributed by atoms with Crippen molar-refractivity contribution in [2.75, 3.05) is 27.9 Å². The lowest BCUT2D eigenvalue weighted by atomic mass is 10.1. The van der Waals surface area contributed by atoms with E-state index in [4.69, 9.17) is 19.0 Å². The zero-order valence-electron chi connectivity index (χ0n) is 10.4. The highest BCUT2D eigenvalue weighted by molar-refractivity contribution is 6.60. The van der Waals surface area contributed by atoms with Gasteiger partial charge in [-0.3, -0.25) is 0 Å². The van der Waals surface area contributed by atoms with Crippen LogP contribution in [0, 0.1) is 5.92 Å². The molecule has 0 aliphatic carbocycles. The summed E-state index contributed by atoms with van der Waals surface area (Å²) in [6.07, 6.45) is 3.41. The first kappa shape index (κ1) is 15.1. The summed E-state index contributed by atoms with van der Waals surface area (Å²) >= 11 is 0. The molecule has 0 amide bonds. The summed E-state index contributed by atoms with van der Waals surface area (Å²) in [6, 6.07) is 0.876. The highest BCUT2D eigenvalue weighted by atomic mass is 28.4. The first-order valence-electron chi connectivity index (χ1n) is 5.49. The van der Waals surface area contributed by atoms with Crippen molar-refractivity contribution in [3.8, 4) is 0 Å². The quantitative estimate of drug-likeness (QED) is 0.487. The lowest BCUT2D eigenvalue weighted by Gasteiger charge is -2.27. The number of rotatable bonds is 9. The molecule has 0 spiro atoms. The van der Waals surface area contributed by atoms with Crippen LogP contribution >= 0.6 is 0 Å². The van der Waals surface area contributed by atoms with E-state index in [0.29, 0.717) is 5.92 Å². The molecule has 0 aromatic heterocycles. The Morgan fingerprint density at radius 3 is 2.00 bits per heavy atom. The molecule has 0 saturated carbocycles. The Morgan fingerprint density at radius 2 is 1.60 bits per heavy atom. The molecule has 92 valence electrons. The van der Waals surface area contributed by atoms with Gasteiger partial charge in [0.15, 0.2) is 0 Å². The second-order valence-electron chi connectivity index (χ2n) is 3.89. The number of unbranched alkanes of at least 4 members (excludes halogenated alkanes) is 1. The minimum Gasteiger partial charge on any atom is -0.377 e. The van der Waals surface area contributed by atoms with Gasteiger partial charge in [-0.25, -0.2) is 0 Å². The van der Waals surface area contributed by atoms with Gasteiger partial charge in [0.25, 0.3) is 0 Å². The van der Waals surface area contributed by atoms with Gasteiger partial charge in [-0.15, -0.1) is 0 Å². The van der Waals surface area contributed by atoms with Crippen molar-refractivity contribution in [1.82, 2.24) is 0 Å². The Morgan fingerprint density at radius 1 is 1.07 bits per heavy atom. The van der Waals surface area contributed by atoms with Crippen LogP contribution in [-0.4, -0.2) is 36.7 Å². The van der Waals surface area contributed by atoms with Crippen molar-refractivity contribution < 1.29 is 13.3 Å². The summed E-state index contributed by atoms with van der Waals surface area (Å²) in [5.41, 5.74) is 5.46. The molecule has 0 fully saturated rings. The minimum absolute atomic E-state index is 0.558. The van der Waals surface area contributed by atoms with Crippen molar-refractivity contribution in [1.29, 1.82) is 0 Å². The molecule has 2 N–H and O–H groups in total. The average molecular weight is 235 g/mol. The molecule has 0 rings (SSSR count). The smallest absolute Gasteiger partial charge is 0.377 e. The number of hydrogen-bond acceptors (Lipinski definition) is 4. The molecule has 0 saturated heterocycles. The van der Waals surface area contributed by atoms with Crippen LogP contribution in [-0.2, 0) is 13.3 Å². The van der Waals surface area contributed by atoms with Gasteiger partial charge >= 0.3 is 8.80 Å². The lowest BCUT2D eigenvalue weighted by Crippen LogP contribution is -2.44. The van der Waals surface area contributed by atoms with Crippen molar-refractivity contribution in [2.24, 2.45) is 11.7 Å². The second-order valence-corrected chi connectivity index (χ2v) is 6.89. The summed E-state index contributed by atoms with van der Waals surface area (Å²) < 4.78 is 16.1. The molecule has 0 aromatic carbocycles. The summed E-state index contributed by atoms with van der Waals surface area (Å²) in [5, 5.41) is 0. The molecule has 0 bridgehead atoms. The van der Waals surface area contributed by atoms with Gasteiger partial charge in [0.05, 0.1) is 0 Å². The van der Waals surface area contributed by atoms with E-state index in [1.807, 2.05) is 0 Å². The predicted octanol–water partition coefficient (Wildman–Crippen LogP) is 1.63. The van der Waals surface area contributed by atoms with Gasteiger partial charge in [-0.2, -0.15) is 0 Å². The lowest BCUT2D eigenvalue weighted by molar-refractivity contribution is 0.118. The summed E-state index contributed by atoms with van der Waals surface area (Å²) in [4.78, 5) is 0. The van der Waals surface area contributed by atoms with Crippen LogP contribution in [0.2, 0.25) is 6.04 Å². The van der Waals surface area contributed by atoms with Crippen molar-refractivity contribution in [3.63, 3.8) is 0 Å². The number of nitrogens with two attached hydrogens (primary N) is 1. The van der Waals surface area contributed by atoms with E-state index in [-0.39, 0.29) is 0 Å². The molecule has 1 atom stereocenters. The second kappa shape index (κ2) is 8.24. The molecule has 0 aromatic rings. The SMILES string of the molecule is CO[Si](CC(C)CCCCN)(OC)OC. The maximum Gasteiger partial charge on any atom is 0.500 e. The Kier molecular flexibility index (Phi) is 8.27. The van der Waals surface area contributed by atoms with Crippen LogP contribution in [0.5, 0.6) is 0 Å². The van der Waals surface area contributed by atoms with Crippen LogP contribution in [0.15, 0.2) is 0 Å². The minimum atomic E-state index is -2.37. The van der Waals surface area contributed by atoms with Crippen LogP contribution in [0.3, 0.4) is 0 Å². The zero-order valence-corrected chi connectivity index (χ0v) is 11.4. The van der Waals surface area contributed by atoms with E-state index in [0.717, 1.165) is 25.4 Å². The molecule has 0 aliphatic heterocycles. The Hall–Kier alpha value is 0.0569. The van der Waals surface area contributed by atoms with Gasteiger partial charge in [0.1, 0.15) is 0 Å². The van der Waals surface area contributed by atoms with Gasteiger partial charge in [0, 0.05) is 27.4 Å². The molecule has 5 heteroatoms. The third kappa shape index (κ3) is 5.63. The fraction of sp³-hybridized carbons (Fsp3) is 1.00. The van der Waals surface area contributed by atoms with Crippen molar-refractivity contribution in [3.05, 3.63) is 0 Å². The van der Waals surface area contributed by atoms with E-state index in [9.17, 15) is 0 Å². The van der Waals surface area contributed by atoms with Gasteiger partial charge in [-0.1, -0.05) is 19.8 Å². The summed E-state index contributed by atoms with van der Waals surface area (Å²) in [6.45, 7) is 2.98. The molecule has 1 unspecified atom stereocenters. The molecule has 0 heterocycles. The van der Waals surface area contributed by atoms with E-state index in [2.05, 4.69) is 6.92 Å². The van der Waals surface area contributed by atoms with Crippen LogP contribution in [0.4, 0.5) is 0 Å². The highest BCUT2D eigenvalue weighted by Gasteiger charge is 2.39. The maximum atomic E-state index is 5.46. The first-order chi connectivity index (χ1) is 7.14. The maximum absolute atomic E-state index is 5.46. The van der Waals surface area contributed by atoms with Crippen LogP contribution < -0.4 is 5.73 Å². The molecule has 15 heavy (non-hydrogen) atoms. The monoisotopic (exact) mass is 235 g/mol. The van der Waals surface area contributed by atoms with Gasteiger partial charge in [-0.05, 0) is 18.9 Å².